The predicted molar refractivity (Wildman–Crippen MR) is 42.2 cm³/mol. The lowest BCUT2D eigenvalue weighted by atomic mass is 10.2. The van der Waals surface area contributed by atoms with E-state index in [-0.39, 0.29) is 11.3 Å². The Morgan fingerprint density at radius 1 is 1.29 bits per heavy atom. The first-order chi connectivity index (χ1) is 6.29. The maximum atomic E-state index is 12.8. The second-order valence-corrected chi connectivity index (χ2v) is 2.69. The normalized spacial score (nSPS) is 11.5. The van der Waals surface area contributed by atoms with Crippen LogP contribution >= 0.6 is 0 Å². The lowest BCUT2D eigenvalue weighted by Gasteiger charge is -2.11. The molecule has 6 heteroatoms. The van der Waals surface area contributed by atoms with Gasteiger partial charge in [-0.05, 0) is 18.6 Å². The van der Waals surface area contributed by atoms with Crippen LogP contribution in [-0.2, 0) is 0 Å². The molecule has 78 valence electrons. The average Bonchev–Trinajstić information content (AvgIpc) is 1.97. The molecule has 1 aromatic carbocycles. The minimum atomic E-state index is -4.82. The highest BCUT2D eigenvalue weighted by atomic mass is 19.4. The van der Waals surface area contributed by atoms with Gasteiger partial charge in [-0.2, -0.15) is 0 Å². The van der Waals surface area contributed by atoms with Gasteiger partial charge in [0.25, 0.3) is 0 Å². The van der Waals surface area contributed by atoms with E-state index < -0.39 is 17.9 Å². The molecular weight excluding hydrogens is 202 g/mol. The Morgan fingerprint density at radius 3 is 2.36 bits per heavy atom. The third kappa shape index (κ3) is 2.51. The SMILES string of the molecule is Cc1cc(OC(F)(F)F)c(N)cc1F. The van der Waals surface area contributed by atoms with Crippen molar-refractivity contribution in [1.29, 1.82) is 0 Å². The third-order valence-electron chi connectivity index (χ3n) is 1.52. The van der Waals surface area contributed by atoms with E-state index in [1.165, 1.54) is 6.92 Å². The summed E-state index contributed by atoms with van der Waals surface area (Å²) in [5.41, 5.74) is 4.79. The molecule has 2 N–H and O–H groups in total. The molecule has 1 aromatic rings. The zero-order valence-electron chi connectivity index (χ0n) is 7.15. The molecule has 1 rings (SSSR count). The molecule has 0 spiro atoms. The number of rotatable bonds is 1. The number of halogens is 4. The van der Waals surface area contributed by atoms with Crippen molar-refractivity contribution in [1.82, 2.24) is 0 Å². The number of hydrogen-bond donors (Lipinski definition) is 1. The molecule has 0 saturated heterocycles. The summed E-state index contributed by atoms with van der Waals surface area (Å²) >= 11 is 0. The zero-order chi connectivity index (χ0) is 10.9. The van der Waals surface area contributed by atoms with E-state index in [2.05, 4.69) is 4.74 Å². The summed E-state index contributed by atoms with van der Waals surface area (Å²) in [5.74, 6) is -1.26. The Labute approximate surface area is 77.3 Å². The molecule has 0 fully saturated rings. The monoisotopic (exact) mass is 209 g/mol. The molecule has 0 aliphatic carbocycles. The highest BCUT2D eigenvalue weighted by Crippen LogP contribution is 2.30. The van der Waals surface area contributed by atoms with Crippen molar-refractivity contribution >= 4 is 5.69 Å². The molecule has 0 unspecified atom stereocenters. The van der Waals surface area contributed by atoms with Crippen molar-refractivity contribution in [3.8, 4) is 5.75 Å². The summed E-state index contributed by atoms with van der Waals surface area (Å²) in [7, 11) is 0. The van der Waals surface area contributed by atoms with E-state index in [1.807, 2.05) is 0 Å². The molecule has 0 aromatic heterocycles. The Bertz CT molecular complexity index is 348. The minimum absolute atomic E-state index is 0.0402. The van der Waals surface area contributed by atoms with Crippen LogP contribution in [0.5, 0.6) is 5.75 Å². The lowest BCUT2D eigenvalue weighted by molar-refractivity contribution is -0.274. The molecule has 0 bridgehead atoms. The van der Waals surface area contributed by atoms with Crippen LogP contribution in [0.4, 0.5) is 23.2 Å². The van der Waals surface area contributed by atoms with E-state index in [0.717, 1.165) is 12.1 Å². The average molecular weight is 209 g/mol. The van der Waals surface area contributed by atoms with Crippen LogP contribution in [0.1, 0.15) is 5.56 Å². The maximum absolute atomic E-state index is 12.8. The second-order valence-electron chi connectivity index (χ2n) is 2.69. The fourth-order valence-electron chi connectivity index (χ4n) is 0.883. The van der Waals surface area contributed by atoms with Gasteiger partial charge in [0.2, 0.25) is 0 Å². The topological polar surface area (TPSA) is 35.2 Å². The van der Waals surface area contributed by atoms with Crippen LogP contribution in [0.3, 0.4) is 0 Å². The van der Waals surface area contributed by atoms with Gasteiger partial charge < -0.3 is 10.5 Å². The molecule has 14 heavy (non-hydrogen) atoms. The molecule has 0 atom stereocenters. The molecule has 2 nitrogen and oxygen atoms in total. The number of anilines is 1. The quantitative estimate of drug-likeness (QED) is 0.570. The van der Waals surface area contributed by atoms with Crippen LogP contribution in [0, 0.1) is 12.7 Å². The molecular formula is C8H7F4NO. The van der Waals surface area contributed by atoms with Gasteiger partial charge in [0.05, 0.1) is 5.69 Å². The van der Waals surface area contributed by atoms with Crippen LogP contribution in [-0.4, -0.2) is 6.36 Å². The van der Waals surface area contributed by atoms with Gasteiger partial charge in [0.1, 0.15) is 5.82 Å². The van der Waals surface area contributed by atoms with Gasteiger partial charge in [-0.25, -0.2) is 4.39 Å². The molecule has 0 heterocycles. The first-order valence-electron chi connectivity index (χ1n) is 3.61. The van der Waals surface area contributed by atoms with E-state index in [9.17, 15) is 17.6 Å². The number of ether oxygens (including phenoxy) is 1. The Hall–Kier alpha value is -1.46. The van der Waals surface area contributed by atoms with Crippen molar-refractivity contribution in [2.45, 2.75) is 13.3 Å². The summed E-state index contributed by atoms with van der Waals surface area (Å²) in [6.45, 7) is 1.32. The lowest BCUT2D eigenvalue weighted by Crippen LogP contribution is -2.18. The summed E-state index contributed by atoms with van der Waals surface area (Å²) < 4.78 is 51.7. The fraction of sp³-hybridized carbons (Fsp3) is 0.250. The predicted octanol–water partition coefficient (Wildman–Crippen LogP) is 2.61. The fourth-order valence-corrected chi connectivity index (χ4v) is 0.883. The van der Waals surface area contributed by atoms with E-state index in [0.29, 0.717) is 0 Å². The van der Waals surface area contributed by atoms with Crippen molar-refractivity contribution in [3.05, 3.63) is 23.5 Å². The van der Waals surface area contributed by atoms with Crippen molar-refractivity contribution in [3.63, 3.8) is 0 Å². The van der Waals surface area contributed by atoms with Crippen molar-refractivity contribution < 1.29 is 22.3 Å². The summed E-state index contributed by atoms with van der Waals surface area (Å²) in [6, 6.07) is 1.69. The minimum Gasteiger partial charge on any atom is -0.404 e. The zero-order valence-corrected chi connectivity index (χ0v) is 7.15. The number of aryl methyl sites for hydroxylation is 1. The Kier molecular flexibility index (Phi) is 2.55. The molecule has 0 aliphatic heterocycles. The van der Waals surface area contributed by atoms with Gasteiger partial charge in [0.15, 0.2) is 5.75 Å². The molecule has 0 aliphatic rings. The first-order valence-corrected chi connectivity index (χ1v) is 3.61. The van der Waals surface area contributed by atoms with Gasteiger partial charge in [-0.15, -0.1) is 13.2 Å². The van der Waals surface area contributed by atoms with Crippen LogP contribution in [0.2, 0.25) is 0 Å². The first kappa shape index (κ1) is 10.6. The van der Waals surface area contributed by atoms with Crippen molar-refractivity contribution in [2.75, 3.05) is 5.73 Å². The van der Waals surface area contributed by atoms with Gasteiger partial charge in [-0.1, -0.05) is 0 Å². The number of alkyl halides is 3. The highest BCUT2D eigenvalue weighted by molar-refractivity contribution is 5.54. The number of hydrogen-bond acceptors (Lipinski definition) is 2. The Morgan fingerprint density at radius 2 is 1.86 bits per heavy atom. The third-order valence-corrected chi connectivity index (χ3v) is 1.52. The molecule has 0 amide bonds. The smallest absolute Gasteiger partial charge is 0.404 e. The number of nitrogens with two attached hydrogens (primary N) is 1. The van der Waals surface area contributed by atoms with Gasteiger partial charge in [-0.3, -0.25) is 0 Å². The second kappa shape index (κ2) is 3.36. The number of nitrogen functional groups attached to an aromatic ring is 1. The van der Waals surface area contributed by atoms with E-state index in [1.54, 1.807) is 0 Å². The van der Waals surface area contributed by atoms with Crippen LogP contribution in [0.15, 0.2) is 12.1 Å². The maximum Gasteiger partial charge on any atom is 0.573 e. The summed E-state index contributed by atoms with van der Waals surface area (Å²) in [5, 5.41) is 0. The standard InChI is InChI=1S/C8H7F4NO/c1-4-2-7(14-8(10,11)12)6(13)3-5(4)9/h2-3H,13H2,1H3. The van der Waals surface area contributed by atoms with Crippen LogP contribution in [0.25, 0.3) is 0 Å². The summed E-state index contributed by atoms with van der Waals surface area (Å²) in [4.78, 5) is 0. The Balaban J connectivity index is 3.04. The molecule has 0 radical (unpaired) electrons. The largest absolute Gasteiger partial charge is 0.573 e. The summed E-state index contributed by atoms with van der Waals surface area (Å²) in [6.07, 6.45) is -4.82. The van der Waals surface area contributed by atoms with Crippen molar-refractivity contribution in [2.24, 2.45) is 0 Å². The van der Waals surface area contributed by atoms with E-state index in [4.69, 9.17) is 5.73 Å². The van der Waals surface area contributed by atoms with Crippen LogP contribution < -0.4 is 10.5 Å². The van der Waals surface area contributed by atoms with Gasteiger partial charge >= 0.3 is 6.36 Å². The highest BCUT2D eigenvalue weighted by Gasteiger charge is 2.32. The van der Waals surface area contributed by atoms with Gasteiger partial charge in [0, 0.05) is 6.07 Å². The number of benzene rings is 1. The molecule has 0 saturated carbocycles. The van der Waals surface area contributed by atoms with E-state index >= 15 is 0 Å².